The molecule has 4 heteroatoms. The van der Waals surface area contributed by atoms with Crippen LogP contribution >= 0.6 is 15.9 Å². The second-order valence-corrected chi connectivity index (χ2v) is 28.7. The van der Waals surface area contributed by atoms with Crippen molar-refractivity contribution in [3.63, 3.8) is 0 Å². The summed E-state index contributed by atoms with van der Waals surface area (Å²) in [7, 11) is 0. The topological polar surface area (TPSA) is 51.2 Å². The number of fused-ring (bicyclic) bond motifs is 3. The number of carbonyl (C=O) groups is 3. The van der Waals surface area contributed by atoms with E-state index in [2.05, 4.69) is 305 Å². The van der Waals surface area contributed by atoms with E-state index in [-0.39, 0.29) is 33.6 Å². The number of allylic oxidation sites excluding steroid dienone is 6. The largest absolute Gasteiger partial charge is 0.294 e. The number of Topliss-reactive ketones (excluding diaryl/α,β-unsaturated/α-hetero) is 3. The van der Waals surface area contributed by atoms with Crippen molar-refractivity contribution in [3.05, 3.63) is 303 Å². The first-order chi connectivity index (χ1) is 44.4. The quantitative estimate of drug-likeness (QED) is 0.156. The van der Waals surface area contributed by atoms with Crippen LogP contribution in [0.1, 0.15) is 253 Å². The highest BCUT2D eigenvalue weighted by molar-refractivity contribution is 9.10. The lowest BCUT2D eigenvalue weighted by molar-refractivity contribution is 0.0949. The van der Waals surface area contributed by atoms with Crippen LogP contribution in [0.25, 0.3) is 22.3 Å². The molecule has 0 fully saturated rings. The van der Waals surface area contributed by atoms with Crippen molar-refractivity contribution in [2.45, 2.75) is 193 Å². The average Bonchev–Trinajstić information content (AvgIpc) is 0.779. The van der Waals surface area contributed by atoms with E-state index in [4.69, 9.17) is 6.42 Å². The summed E-state index contributed by atoms with van der Waals surface area (Å²) in [5.74, 6) is 3.40. The van der Waals surface area contributed by atoms with E-state index in [0.29, 0.717) is 19.3 Å². The van der Waals surface area contributed by atoms with Gasteiger partial charge in [0.2, 0.25) is 0 Å². The van der Waals surface area contributed by atoms with Crippen LogP contribution in [0.2, 0.25) is 0 Å². The molecule has 0 bridgehead atoms. The Kier molecular flexibility index (Phi) is 26.5. The molecule has 0 radical (unpaired) electrons. The Morgan fingerprint density at radius 3 is 0.926 bits per heavy atom. The molecule has 8 aromatic rings. The second-order valence-electron chi connectivity index (χ2n) is 27.8. The number of carbonyl (C=O) groups excluding carboxylic acids is 3. The van der Waals surface area contributed by atoms with Crippen molar-refractivity contribution in [3.8, 4) is 12.3 Å². The summed E-state index contributed by atoms with van der Waals surface area (Å²) in [5, 5.41) is 0. The average molecular weight is 1310 g/mol. The Labute approximate surface area is 575 Å². The van der Waals surface area contributed by atoms with E-state index in [9.17, 15) is 14.4 Å². The lowest BCUT2D eigenvalue weighted by Gasteiger charge is -2.33. The molecular weight excluding hydrogens is 1210 g/mol. The van der Waals surface area contributed by atoms with E-state index >= 15 is 0 Å². The van der Waals surface area contributed by atoms with Crippen molar-refractivity contribution in [1.29, 1.82) is 0 Å². The van der Waals surface area contributed by atoms with Gasteiger partial charge in [0, 0.05) is 46.0 Å². The van der Waals surface area contributed by atoms with Gasteiger partial charge in [-0.05, 0) is 252 Å². The number of terminal acetylenes is 1. The molecule has 0 atom stereocenters. The first-order valence-corrected chi connectivity index (χ1v) is 34.3. The molecule has 0 N–H and O–H groups in total. The molecule has 11 rings (SSSR count). The van der Waals surface area contributed by atoms with Gasteiger partial charge in [0.25, 0.3) is 0 Å². The fourth-order valence-electron chi connectivity index (χ4n) is 12.2. The number of ketones is 3. The molecule has 0 saturated carbocycles. The summed E-state index contributed by atoms with van der Waals surface area (Å²) in [6.45, 7) is 42.8. The Hall–Kier alpha value is -8.23. The molecule has 488 valence electrons. The maximum atomic E-state index is 12.5. The molecule has 8 aromatic carbocycles. The summed E-state index contributed by atoms with van der Waals surface area (Å²) < 4.78 is 1.03. The van der Waals surface area contributed by atoms with Gasteiger partial charge in [-0.3, -0.25) is 14.4 Å². The fraction of sp³-hybridized carbons (Fsp3) is 0.322. The van der Waals surface area contributed by atoms with Crippen LogP contribution in [-0.2, 0) is 16.2 Å². The summed E-state index contributed by atoms with van der Waals surface area (Å²) in [5.41, 5.74) is 30.1. The standard InChI is InChI=1S/2C23H26O.C13H15BrO.2C11H14.C9H8/c2*1-6-18(17-9-7-15(2)8-10-17)19-14-20-21(13-16(19)3)23(4,5)12-11-22(20)24;1-8-6-10-9(7-11(8)14)12(15)4-5-13(10,2)3;2*1-4-10(3)11-7-5-9(2)6-8-11;1-3-9-6-4-8(2)5-7-9/h2*6-10,13-14H,11-12H2,1-5H3;6-7H,4-5H2,1-3H3;2*4-8H,1-3H3;1,4-7H,2H3/b2*18-6-;;2*10-4+;. The fourth-order valence-corrected chi connectivity index (χ4v) is 12.5. The molecule has 0 spiro atoms. The Morgan fingerprint density at radius 1 is 0.383 bits per heavy atom. The lowest BCUT2D eigenvalue weighted by Crippen LogP contribution is -2.27. The minimum Gasteiger partial charge on any atom is -0.294 e. The van der Waals surface area contributed by atoms with Crippen molar-refractivity contribution < 1.29 is 14.4 Å². The molecule has 3 aliphatic carbocycles. The number of aryl methyl sites for hydroxylation is 8. The predicted octanol–water partition coefficient (Wildman–Crippen LogP) is 24.8. The smallest absolute Gasteiger partial charge is 0.163 e. The zero-order chi connectivity index (χ0) is 69.4. The third-order valence-electron chi connectivity index (χ3n) is 19.0. The third kappa shape index (κ3) is 19.5. The number of hydrogen-bond acceptors (Lipinski definition) is 3. The molecule has 0 unspecified atom stereocenters. The highest BCUT2D eigenvalue weighted by Gasteiger charge is 2.35. The summed E-state index contributed by atoms with van der Waals surface area (Å²) in [4.78, 5) is 36.8. The van der Waals surface area contributed by atoms with E-state index in [0.717, 1.165) is 46.0 Å². The number of hydrogen-bond donors (Lipinski definition) is 0. The van der Waals surface area contributed by atoms with Crippen LogP contribution in [0, 0.1) is 67.7 Å². The Bertz CT molecular complexity index is 3940. The minimum absolute atomic E-state index is 0.0759. The minimum atomic E-state index is 0.0759. The molecule has 0 amide bonds. The lowest BCUT2D eigenvalue weighted by atomic mass is 9.71. The Balaban J connectivity index is 0.000000186. The molecule has 3 nitrogen and oxygen atoms in total. The monoisotopic (exact) mass is 1310 g/mol. The first-order valence-electron chi connectivity index (χ1n) is 33.5. The summed E-state index contributed by atoms with van der Waals surface area (Å²) in [6.07, 6.45) is 18.5. The molecular formula is C90H103BrO3. The molecule has 94 heavy (non-hydrogen) atoms. The third-order valence-corrected chi connectivity index (χ3v) is 19.9. The van der Waals surface area contributed by atoms with E-state index < -0.39 is 0 Å². The van der Waals surface area contributed by atoms with Gasteiger partial charge in [-0.1, -0.05) is 243 Å². The Morgan fingerprint density at radius 2 is 0.649 bits per heavy atom. The van der Waals surface area contributed by atoms with E-state index in [1.54, 1.807) is 0 Å². The van der Waals surface area contributed by atoms with E-state index in [1.807, 2.05) is 37.3 Å². The van der Waals surface area contributed by atoms with Crippen LogP contribution < -0.4 is 0 Å². The first kappa shape index (κ1) is 74.8. The molecule has 0 aliphatic heterocycles. The highest BCUT2D eigenvalue weighted by Crippen LogP contribution is 2.43. The molecule has 3 aliphatic rings. The van der Waals surface area contributed by atoms with Gasteiger partial charge in [0.15, 0.2) is 17.3 Å². The molecule has 0 heterocycles. The van der Waals surface area contributed by atoms with Crippen LogP contribution in [0.5, 0.6) is 0 Å². The van der Waals surface area contributed by atoms with Crippen molar-refractivity contribution in [2.75, 3.05) is 0 Å². The van der Waals surface area contributed by atoms with Crippen LogP contribution in [0.3, 0.4) is 0 Å². The van der Waals surface area contributed by atoms with Gasteiger partial charge in [-0.25, -0.2) is 0 Å². The summed E-state index contributed by atoms with van der Waals surface area (Å²) in [6, 6.07) is 55.2. The molecule has 0 saturated heterocycles. The van der Waals surface area contributed by atoms with E-state index in [1.165, 1.54) is 117 Å². The van der Waals surface area contributed by atoms with Gasteiger partial charge in [0.05, 0.1) is 0 Å². The summed E-state index contributed by atoms with van der Waals surface area (Å²) >= 11 is 3.49. The van der Waals surface area contributed by atoms with Crippen molar-refractivity contribution in [1.82, 2.24) is 0 Å². The van der Waals surface area contributed by atoms with Crippen LogP contribution in [0.4, 0.5) is 0 Å². The number of rotatable bonds is 6. The predicted molar refractivity (Wildman–Crippen MR) is 409 cm³/mol. The highest BCUT2D eigenvalue weighted by atomic mass is 79.9. The zero-order valence-corrected chi connectivity index (χ0v) is 61.8. The van der Waals surface area contributed by atoms with Crippen molar-refractivity contribution >= 4 is 55.6 Å². The van der Waals surface area contributed by atoms with Crippen molar-refractivity contribution in [2.24, 2.45) is 0 Å². The second kappa shape index (κ2) is 33.2. The maximum absolute atomic E-state index is 12.5. The van der Waals surface area contributed by atoms with Crippen LogP contribution in [0.15, 0.2) is 187 Å². The van der Waals surface area contributed by atoms with Gasteiger partial charge < -0.3 is 0 Å². The SMILES string of the molecule is C#Cc1ccc(C)cc1.C/C=C(/c1ccc(C)cc1)c1cc2c(cc1C)C(C)(C)CCC2=O.C/C=C(/c1ccc(C)cc1)c1cc2c(cc1C)C(C)(C)CCC2=O.C/C=C(\C)c1ccc(C)cc1.C/C=C(\C)c1ccc(C)cc1.Cc1cc2c(cc1Br)C(=O)CCC2(C)C. The van der Waals surface area contributed by atoms with Crippen LogP contribution in [-0.4, -0.2) is 17.3 Å². The number of benzene rings is 8. The molecule has 0 aromatic heterocycles. The van der Waals surface area contributed by atoms with Gasteiger partial charge in [0.1, 0.15) is 0 Å². The number of halogens is 1. The maximum Gasteiger partial charge on any atom is 0.163 e. The van der Waals surface area contributed by atoms with Gasteiger partial charge in [-0.15, -0.1) is 6.42 Å². The normalized spacial score (nSPS) is 15.2. The van der Waals surface area contributed by atoms with Gasteiger partial charge in [-0.2, -0.15) is 0 Å². The zero-order valence-electron chi connectivity index (χ0n) is 60.2. The van der Waals surface area contributed by atoms with Gasteiger partial charge >= 0.3 is 0 Å².